The van der Waals surface area contributed by atoms with Crippen molar-refractivity contribution in [2.24, 2.45) is 5.14 Å². The molecule has 4 rings (SSSR count). The minimum absolute atomic E-state index is 0.0747. The molecule has 3 heterocycles. The second kappa shape index (κ2) is 7.94. The third kappa shape index (κ3) is 4.47. The highest BCUT2D eigenvalue weighted by atomic mass is 32.2. The molecule has 0 unspecified atom stereocenters. The Morgan fingerprint density at radius 1 is 1.28 bits per heavy atom. The number of H-pyrrole nitrogens is 1. The molecular weight excluding hydrogens is 390 g/mol. The van der Waals surface area contributed by atoms with Crippen LogP contribution in [0.1, 0.15) is 23.1 Å². The van der Waals surface area contributed by atoms with Crippen molar-refractivity contribution in [1.82, 2.24) is 20.2 Å². The zero-order chi connectivity index (χ0) is 20.4. The van der Waals surface area contributed by atoms with Gasteiger partial charge in [0.15, 0.2) is 0 Å². The molecule has 8 nitrogen and oxygen atoms in total. The Balaban J connectivity index is 1.41. The number of hydrogen-bond acceptors (Lipinski definition) is 5. The van der Waals surface area contributed by atoms with Gasteiger partial charge in [-0.15, -0.1) is 0 Å². The number of nitrogens with zero attached hydrogens (tertiary/aromatic N) is 2. The van der Waals surface area contributed by atoms with Crippen LogP contribution in [-0.2, 0) is 34.3 Å². The summed E-state index contributed by atoms with van der Waals surface area (Å²) < 4.78 is 23.3. The van der Waals surface area contributed by atoms with Gasteiger partial charge in [-0.2, -0.15) is 0 Å². The highest BCUT2D eigenvalue weighted by molar-refractivity contribution is 7.89. The maximum absolute atomic E-state index is 12.5. The van der Waals surface area contributed by atoms with E-state index in [0.29, 0.717) is 13.1 Å². The Bertz CT molecular complexity index is 1160. The molecule has 0 saturated heterocycles. The molecule has 29 heavy (non-hydrogen) atoms. The molecule has 0 saturated carbocycles. The van der Waals surface area contributed by atoms with Gasteiger partial charge in [-0.05, 0) is 60.3 Å². The highest BCUT2D eigenvalue weighted by Crippen LogP contribution is 2.22. The Hall–Kier alpha value is -2.75. The number of fused-ring (bicyclic) bond motifs is 2. The van der Waals surface area contributed by atoms with Crippen LogP contribution in [0.2, 0.25) is 0 Å². The van der Waals surface area contributed by atoms with Gasteiger partial charge in [-0.3, -0.25) is 9.69 Å². The SMILES string of the molecule is NS(=O)(=O)c1ccc2c(c1)CN(CC(=O)NCc1c[nH]c3ncccc13)CCC2. The van der Waals surface area contributed by atoms with Gasteiger partial charge in [-0.25, -0.2) is 18.5 Å². The topological polar surface area (TPSA) is 121 Å². The van der Waals surface area contributed by atoms with Crippen molar-refractivity contribution in [1.29, 1.82) is 0 Å². The average Bonchev–Trinajstić information content (AvgIpc) is 2.98. The third-order valence-corrected chi connectivity index (χ3v) is 6.11. The molecule has 0 bridgehead atoms. The zero-order valence-corrected chi connectivity index (χ0v) is 16.7. The fraction of sp³-hybridized carbons (Fsp3) is 0.300. The summed E-state index contributed by atoms with van der Waals surface area (Å²) in [5, 5.41) is 9.21. The summed E-state index contributed by atoms with van der Waals surface area (Å²) in [4.78, 5) is 22.0. The monoisotopic (exact) mass is 413 g/mol. The van der Waals surface area contributed by atoms with Gasteiger partial charge in [0.05, 0.1) is 11.4 Å². The highest BCUT2D eigenvalue weighted by Gasteiger charge is 2.19. The number of rotatable bonds is 5. The number of aromatic amines is 1. The summed E-state index contributed by atoms with van der Waals surface area (Å²) in [6.45, 7) is 1.96. The van der Waals surface area contributed by atoms with Crippen LogP contribution in [0.4, 0.5) is 0 Å². The van der Waals surface area contributed by atoms with E-state index in [2.05, 4.69) is 15.3 Å². The summed E-state index contributed by atoms with van der Waals surface area (Å²) >= 11 is 0. The van der Waals surface area contributed by atoms with Gasteiger partial charge in [0.25, 0.3) is 0 Å². The Morgan fingerprint density at radius 2 is 2.14 bits per heavy atom. The number of aryl methyl sites for hydroxylation is 1. The first-order valence-electron chi connectivity index (χ1n) is 9.45. The number of sulfonamides is 1. The first kappa shape index (κ1) is 19.6. The van der Waals surface area contributed by atoms with Gasteiger partial charge in [-0.1, -0.05) is 6.07 Å². The number of benzene rings is 1. The molecule has 0 radical (unpaired) electrons. The van der Waals surface area contributed by atoms with Gasteiger partial charge in [0.1, 0.15) is 5.65 Å². The van der Waals surface area contributed by atoms with Gasteiger partial charge in [0.2, 0.25) is 15.9 Å². The fourth-order valence-corrected chi connectivity index (χ4v) is 4.29. The number of hydrogen-bond donors (Lipinski definition) is 3. The molecule has 0 atom stereocenters. The number of amides is 1. The standard InChI is InChI=1S/C20H23N5O3S/c21-29(27,28)17-6-5-14-3-2-8-25(12-15(14)9-17)13-19(26)23-10-16-11-24-20-18(16)4-1-7-22-20/h1,4-7,9,11H,2-3,8,10,12-13H2,(H,22,24)(H,23,26)(H2,21,27,28). The predicted octanol–water partition coefficient (Wildman–Crippen LogP) is 1.27. The van der Waals surface area contributed by atoms with Crippen LogP contribution in [-0.4, -0.2) is 42.3 Å². The van der Waals surface area contributed by atoms with E-state index in [-0.39, 0.29) is 17.3 Å². The summed E-state index contributed by atoms with van der Waals surface area (Å²) in [7, 11) is -3.75. The largest absolute Gasteiger partial charge is 0.351 e. The number of pyridine rings is 1. The normalized spacial score (nSPS) is 15.1. The van der Waals surface area contributed by atoms with Crippen LogP contribution in [0.25, 0.3) is 11.0 Å². The quantitative estimate of drug-likeness (QED) is 0.582. The van der Waals surface area contributed by atoms with Crippen molar-refractivity contribution in [3.05, 3.63) is 59.4 Å². The molecular formula is C20H23N5O3S. The van der Waals surface area contributed by atoms with E-state index in [1.165, 1.54) is 0 Å². The van der Waals surface area contributed by atoms with Crippen molar-refractivity contribution in [2.45, 2.75) is 30.8 Å². The maximum Gasteiger partial charge on any atom is 0.238 e. The van der Waals surface area contributed by atoms with E-state index < -0.39 is 10.0 Å². The van der Waals surface area contributed by atoms with E-state index in [0.717, 1.165) is 47.1 Å². The van der Waals surface area contributed by atoms with Crippen molar-refractivity contribution in [2.75, 3.05) is 13.1 Å². The van der Waals surface area contributed by atoms with Crippen molar-refractivity contribution >= 4 is 27.0 Å². The molecule has 0 fully saturated rings. The number of nitrogens with two attached hydrogens (primary N) is 1. The van der Waals surface area contributed by atoms with E-state index >= 15 is 0 Å². The zero-order valence-electron chi connectivity index (χ0n) is 15.9. The lowest BCUT2D eigenvalue weighted by Gasteiger charge is -2.20. The summed E-state index contributed by atoms with van der Waals surface area (Å²) in [5.74, 6) is -0.0747. The molecule has 0 aliphatic carbocycles. The number of primary sulfonamides is 1. The minimum Gasteiger partial charge on any atom is -0.351 e. The van der Waals surface area contributed by atoms with E-state index in [4.69, 9.17) is 5.14 Å². The third-order valence-electron chi connectivity index (χ3n) is 5.20. The summed E-state index contributed by atoms with van der Waals surface area (Å²) in [5.41, 5.74) is 3.79. The molecule has 1 aliphatic heterocycles. The molecule has 1 amide bonds. The molecule has 4 N–H and O–H groups in total. The van der Waals surface area contributed by atoms with Crippen LogP contribution in [0, 0.1) is 0 Å². The minimum atomic E-state index is -3.75. The first-order chi connectivity index (χ1) is 13.9. The van der Waals surface area contributed by atoms with Gasteiger partial charge in [0, 0.05) is 30.9 Å². The summed E-state index contributed by atoms with van der Waals surface area (Å²) in [6.07, 6.45) is 5.33. The summed E-state index contributed by atoms with van der Waals surface area (Å²) in [6, 6.07) is 8.83. The van der Waals surface area contributed by atoms with E-state index in [9.17, 15) is 13.2 Å². The second-order valence-corrected chi connectivity index (χ2v) is 8.84. The lowest BCUT2D eigenvalue weighted by Crippen LogP contribution is -2.36. The fourth-order valence-electron chi connectivity index (χ4n) is 3.73. The number of carbonyl (C=O) groups excluding carboxylic acids is 1. The lowest BCUT2D eigenvalue weighted by molar-refractivity contribution is -0.122. The number of carbonyl (C=O) groups is 1. The first-order valence-corrected chi connectivity index (χ1v) is 11.0. The average molecular weight is 414 g/mol. The maximum atomic E-state index is 12.5. The molecule has 3 aromatic rings. The number of aromatic nitrogens is 2. The van der Waals surface area contributed by atoms with E-state index in [1.807, 2.05) is 29.3 Å². The molecule has 1 aromatic carbocycles. The Labute approximate surface area is 169 Å². The van der Waals surface area contributed by atoms with Crippen LogP contribution in [0.15, 0.2) is 47.6 Å². The number of nitrogens with one attached hydrogen (secondary N) is 2. The predicted molar refractivity (Wildman–Crippen MR) is 109 cm³/mol. The van der Waals surface area contributed by atoms with Crippen LogP contribution in [0.5, 0.6) is 0 Å². The van der Waals surface area contributed by atoms with E-state index in [1.54, 1.807) is 18.3 Å². The van der Waals surface area contributed by atoms with Crippen LogP contribution >= 0.6 is 0 Å². The van der Waals surface area contributed by atoms with Crippen molar-refractivity contribution in [3.8, 4) is 0 Å². The molecule has 0 spiro atoms. The smallest absolute Gasteiger partial charge is 0.238 e. The van der Waals surface area contributed by atoms with Crippen molar-refractivity contribution < 1.29 is 13.2 Å². The van der Waals surface area contributed by atoms with Crippen molar-refractivity contribution in [3.63, 3.8) is 0 Å². The second-order valence-electron chi connectivity index (χ2n) is 7.28. The van der Waals surface area contributed by atoms with Gasteiger partial charge >= 0.3 is 0 Å². The lowest BCUT2D eigenvalue weighted by atomic mass is 10.0. The Kier molecular flexibility index (Phi) is 5.35. The Morgan fingerprint density at radius 3 is 2.97 bits per heavy atom. The molecule has 9 heteroatoms. The molecule has 2 aromatic heterocycles. The molecule has 152 valence electrons. The molecule has 1 aliphatic rings. The van der Waals surface area contributed by atoms with Crippen LogP contribution in [0.3, 0.4) is 0 Å². The van der Waals surface area contributed by atoms with Crippen LogP contribution < -0.4 is 10.5 Å². The van der Waals surface area contributed by atoms with Gasteiger partial charge < -0.3 is 10.3 Å².